The monoisotopic (exact) mass is 793 g/mol. The third kappa shape index (κ3) is 13.8. The van der Waals surface area contributed by atoms with Crippen LogP contribution in [0.1, 0.15) is 78.3 Å². The van der Waals surface area contributed by atoms with Crippen molar-refractivity contribution in [2.24, 2.45) is 17.8 Å². The highest BCUT2D eigenvalue weighted by Crippen LogP contribution is 2.26. The van der Waals surface area contributed by atoms with E-state index in [1.54, 1.807) is 76.3 Å². The van der Waals surface area contributed by atoms with E-state index in [9.17, 15) is 39.0 Å². The molecule has 2 aliphatic heterocycles. The normalized spacial score (nSPS) is 28.7. The Hall–Kier alpha value is -5.12. The van der Waals surface area contributed by atoms with Crippen LogP contribution in [0.5, 0.6) is 5.75 Å². The largest absolute Gasteiger partial charge is 0.497 e. The Morgan fingerprint density at radius 1 is 1.09 bits per heavy atom. The van der Waals surface area contributed by atoms with Crippen LogP contribution < -0.4 is 26.1 Å². The van der Waals surface area contributed by atoms with Gasteiger partial charge in [0.1, 0.15) is 35.8 Å². The molecule has 1 fully saturated rings. The number of Topliss-reactive ketones (excluding diaryl/α,β-unsaturated/α-hetero) is 1. The number of allylic oxidation sites excluding steroid dienone is 4. The van der Waals surface area contributed by atoms with Crippen LogP contribution in [0, 0.1) is 17.8 Å². The number of likely N-dealkylation sites (N-methyl/N-ethyl adjacent to an activating group) is 1. The van der Waals surface area contributed by atoms with Gasteiger partial charge in [0.25, 0.3) is 5.91 Å². The lowest BCUT2D eigenvalue weighted by Crippen LogP contribution is -2.59. The van der Waals surface area contributed by atoms with E-state index < -0.39 is 77.9 Å². The lowest BCUT2D eigenvalue weighted by atomic mass is 9.84. The fraction of sp³-hybridized carbons (Fsp3) is 0.524. The van der Waals surface area contributed by atoms with Crippen LogP contribution in [-0.2, 0) is 33.5 Å². The van der Waals surface area contributed by atoms with Crippen LogP contribution >= 0.6 is 0 Å². The summed E-state index contributed by atoms with van der Waals surface area (Å²) in [4.78, 5) is 79.9. The number of rotatable bonds is 9. The fourth-order valence-electron chi connectivity index (χ4n) is 6.45. The number of benzene rings is 1. The predicted octanol–water partition coefficient (Wildman–Crippen LogP) is 2.51. The first-order chi connectivity index (χ1) is 27.1. The van der Waals surface area contributed by atoms with E-state index in [2.05, 4.69) is 21.4 Å². The fourth-order valence-corrected chi connectivity index (χ4v) is 6.45. The lowest BCUT2D eigenvalue weighted by molar-refractivity contribution is -0.156. The average Bonchev–Trinajstić information content (AvgIpc) is 3.19. The molecule has 1 aromatic carbocycles. The molecule has 2 bridgehead atoms. The van der Waals surface area contributed by atoms with Crippen molar-refractivity contribution in [3.05, 3.63) is 77.9 Å². The second kappa shape index (κ2) is 22.6. The number of carbonyl (C=O) groups excluding carboxylic acids is 6. The maximum Gasteiger partial charge on any atom is 0.325 e. The van der Waals surface area contributed by atoms with Crippen LogP contribution in [0.4, 0.5) is 0 Å². The van der Waals surface area contributed by atoms with Gasteiger partial charge in [-0.15, -0.1) is 0 Å². The van der Waals surface area contributed by atoms with Crippen molar-refractivity contribution in [3.63, 3.8) is 0 Å². The maximum absolute atomic E-state index is 14.4. The molecule has 0 radical (unpaired) electrons. The first kappa shape index (κ1) is 46.3. The topological polar surface area (TPSA) is 213 Å². The van der Waals surface area contributed by atoms with Gasteiger partial charge in [-0.2, -0.15) is 0 Å². The highest BCUT2D eigenvalue weighted by molar-refractivity contribution is 5.93. The molecule has 2 unspecified atom stereocenters. The first-order valence-electron chi connectivity index (χ1n) is 19.4. The van der Waals surface area contributed by atoms with Crippen LogP contribution in [0.2, 0.25) is 0 Å². The molecule has 57 heavy (non-hydrogen) atoms. The number of hydrogen-bond acceptors (Lipinski definition) is 11. The summed E-state index contributed by atoms with van der Waals surface area (Å²) in [5.41, 5.74) is 4.01. The molecule has 4 amide bonds. The molecule has 3 rings (SSSR count). The number of fused-ring (bicyclic) bond motifs is 2. The summed E-state index contributed by atoms with van der Waals surface area (Å²) < 4.78 is 11.4. The summed E-state index contributed by atoms with van der Waals surface area (Å²) in [6, 6.07) is 3.22. The van der Waals surface area contributed by atoms with Gasteiger partial charge in [0.05, 0.1) is 25.2 Å². The number of nitrogens with zero attached hydrogens (tertiary/aromatic N) is 1. The van der Waals surface area contributed by atoms with Crippen LogP contribution in [0.25, 0.3) is 0 Å². The number of esters is 1. The zero-order valence-corrected chi connectivity index (χ0v) is 33.9. The van der Waals surface area contributed by atoms with Crippen molar-refractivity contribution in [1.82, 2.24) is 26.4 Å². The number of nitrogens with one attached hydrogen (secondary N) is 4. The van der Waals surface area contributed by atoms with Gasteiger partial charge in [-0.1, -0.05) is 69.4 Å². The van der Waals surface area contributed by atoms with Crippen molar-refractivity contribution < 1.29 is 48.5 Å². The molecule has 6 N–H and O–H groups in total. The molecule has 0 saturated carbocycles. The van der Waals surface area contributed by atoms with Crippen molar-refractivity contribution in [2.45, 2.75) is 103 Å². The summed E-state index contributed by atoms with van der Waals surface area (Å²) in [6.45, 7) is 8.34. The van der Waals surface area contributed by atoms with Gasteiger partial charge >= 0.3 is 5.97 Å². The van der Waals surface area contributed by atoms with Gasteiger partial charge in [-0.25, -0.2) is 5.43 Å². The van der Waals surface area contributed by atoms with Gasteiger partial charge in [0.15, 0.2) is 0 Å². The van der Waals surface area contributed by atoms with E-state index in [-0.39, 0.29) is 37.5 Å². The Bertz CT molecular complexity index is 1700. The second-order valence-corrected chi connectivity index (χ2v) is 14.8. The third-order valence-electron chi connectivity index (χ3n) is 10.1. The SMILES string of the molecule is CNC(=O)/C=C/C=C(\C)[C@@H]1C/C=C/C=C/[C@H](O)[C@H](C)[C@@H](O)[C@@H](CCC(C)=O)C(=O)N[C@@H](C(C)C)C(=O)NC(c2cccc(OC)c2)C(=O)N2CCCC(N2)C(=O)O1. The minimum absolute atomic E-state index is 0.0213. The van der Waals surface area contributed by atoms with E-state index in [1.165, 1.54) is 44.3 Å². The number of aliphatic hydroxyl groups excluding tert-OH is 2. The molecule has 0 spiro atoms. The predicted molar refractivity (Wildman–Crippen MR) is 213 cm³/mol. The van der Waals surface area contributed by atoms with Gasteiger partial charge < -0.3 is 40.4 Å². The van der Waals surface area contributed by atoms with Gasteiger partial charge in [-0.3, -0.25) is 29.0 Å². The molecule has 0 aliphatic carbocycles. The Labute approximate surface area is 335 Å². The Morgan fingerprint density at radius 3 is 2.49 bits per heavy atom. The van der Waals surface area contributed by atoms with Gasteiger partial charge in [-0.05, 0) is 62.3 Å². The highest BCUT2D eigenvalue weighted by atomic mass is 16.5. The number of hydrazine groups is 1. The van der Waals surface area contributed by atoms with Crippen molar-refractivity contribution in [3.8, 4) is 5.75 Å². The second-order valence-electron chi connectivity index (χ2n) is 14.8. The highest BCUT2D eigenvalue weighted by Gasteiger charge is 2.39. The van der Waals surface area contributed by atoms with Crippen LogP contribution in [0.3, 0.4) is 0 Å². The minimum atomic E-state index is -1.41. The average molecular weight is 794 g/mol. The summed E-state index contributed by atoms with van der Waals surface area (Å²) in [5, 5.41) is 31.8. The Balaban J connectivity index is 2.11. The summed E-state index contributed by atoms with van der Waals surface area (Å²) >= 11 is 0. The van der Waals surface area contributed by atoms with Gasteiger partial charge in [0, 0.05) is 38.4 Å². The molecular formula is C42H59N5O10. The number of carbonyl (C=O) groups is 6. The Kier molecular flexibility index (Phi) is 18.3. The number of cyclic esters (lactones) is 1. The van der Waals surface area contributed by atoms with E-state index >= 15 is 0 Å². The van der Waals surface area contributed by atoms with E-state index in [1.807, 2.05) is 0 Å². The summed E-state index contributed by atoms with van der Waals surface area (Å²) in [5.74, 6) is -5.18. The molecule has 0 aromatic heterocycles. The number of ketones is 1. The van der Waals surface area contributed by atoms with E-state index in [0.717, 1.165) is 0 Å². The molecule has 8 atom stereocenters. The molecule has 2 aliphatic rings. The maximum atomic E-state index is 14.4. The third-order valence-corrected chi connectivity index (χ3v) is 10.1. The van der Waals surface area contributed by atoms with E-state index in [0.29, 0.717) is 29.7 Å². The molecule has 1 aromatic rings. The zero-order chi connectivity index (χ0) is 42.2. The number of methoxy groups -OCH3 is 1. The van der Waals surface area contributed by atoms with E-state index in [4.69, 9.17) is 9.47 Å². The van der Waals surface area contributed by atoms with Crippen molar-refractivity contribution >= 4 is 35.4 Å². The molecule has 15 nitrogen and oxygen atoms in total. The molecular weight excluding hydrogens is 734 g/mol. The van der Waals surface area contributed by atoms with Crippen LogP contribution in [0.15, 0.2) is 72.4 Å². The molecule has 15 heteroatoms. The lowest BCUT2D eigenvalue weighted by Gasteiger charge is -2.36. The molecule has 312 valence electrons. The minimum Gasteiger partial charge on any atom is -0.497 e. The molecule has 2 heterocycles. The van der Waals surface area contributed by atoms with Crippen molar-refractivity contribution in [1.29, 1.82) is 0 Å². The Morgan fingerprint density at radius 2 is 1.82 bits per heavy atom. The first-order valence-corrected chi connectivity index (χ1v) is 19.4. The zero-order valence-electron chi connectivity index (χ0n) is 33.9. The van der Waals surface area contributed by atoms with Crippen LogP contribution in [-0.4, -0.2) is 102 Å². The number of ether oxygens (including phenoxy) is 2. The number of hydrogen-bond donors (Lipinski definition) is 6. The number of amides is 4. The molecule has 1 saturated heterocycles. The van der Waals surface area contributed by atoms with Crippen molar-refractivity contribution in [2.75, 3.05) is 20.7 Å². The van der Waals surface area contributed by atoms with Gasteiger partial charge in [0.2, 0.25) is 17.7 Å². The number of aliphatic hydroxyl groups is 2. The quantitative estimate of drug-likeness (QED) is 0.122. The summed E-state index contributed by atoms with van der Waals surface area (Å²) in [6.07, 6.45) is 8.48. The smallest absolute Gasteiger partial charge is 0.325 e. The summed E-state index contributed by atoms with van der Waals surface area (Å²) in [7, 11) is 2.97. The standard InChI is InChI=1S/C42H59N5O10/c1-25(2)36-40(53)45-37(29-15-12-16-30(24-29)56-7)41(54)47-23-13-17-32(46-47)42(55)57-34(26(3)14-11-20-35(50)43-6)19-10-8-9-18-33(49)28(5)38(51)31(39(52)44-36)22-21-27(4)48/h8-12,14-16,18,20,24-25,28,31-34,36-38,46,49,51H,13,17,19,21-23H2,1-7H3,(H,43,50)(H,44,52)(H,45,53)/b10-8+,18-9+,20-11+,26-14+/t28-,31+,32?,33-,34-,36-,37?,38+/m0/s1.